The Morgan fingerprint density at radius 2 is 1.48 bits per heavy atom. The topological polar surface area (TPSA) is 107 Å². The van der Waals surface area contributed by atoms with Gasteiger partial charge in [0.2, 0.25) is 0 Å². The molecule has 6 rings (SSSR count). The zero-order valence-corrected chi connectivity index (χ0v) is 23.3. The van der Waals surface area contributed by atoms with Crippen LogP contribution in [0.25, 0.3) is 0 Å². The summed E-state index contributed by atoms with van der Waals surface area (Å²) in [5.41, 5.74) is 1.06. The minimum Gasteiger partial charge on any atom is -0.497 e. The van der Waals surface area contributed by atoms with Gasteiger partial charge in [0, 0.05) is 19.2 Å². The molecule has 10 nitrogen and oxygen atoms in total. The summed E-state index contributed by atoms with van der Waals surface area (Å²) in [6.45, 7) is 1.36. The van der Waals surface area contributed by atoms with Crippen LogP contribution in [0.15, 0.2) is 95.9 Å². The van der Waals surface area contributed by atoms with Crippen molar-refractivity contribution in [3.8, 4) is 17.5 Å². The van der Waals surface area contributed by atoms with Crippen molar-refractivity contribution in [2.24, 2.45) is 0 Å². The number of aromatic nitrogens is 2. The van der Waals surface area contributed by atoms with Gasteiger partial charge in [-0.3, -0.25) is 14.2 Å². The molecule has 0 N–H and O–H groups in total. The van der Waals surface area contributed by atoms with E-state index in [1.165, 1.54) is 13.0 Å². The Morgan fingerprint density at radius 3 is 2.05 bits per heavy atom. The van der Waals surface area contributed by atoms with Crippen LogP contribution in [0.4, 0.5) is 0 Å². The average Bonchev–Trinajstić information content (AvgIpc) is 3.53. The number of nitrogens with zero attached hydrogens (tertiary/aromatic N) is 2. The molecule has 2 aliphatic rings. The number of carbonyl (C=O) groups is 1. The van der Waals surface area contributed by atoms with Crippen LogP contribution < -0.4 is 19.8 Å². The molecule has 1 saturated heterocycles. The highest BCUT2D eigenvalue weighted by molar-refractivity contribution is 5.66. The molecule has 0 radical (unpaired) electrons. The molecule has 0 unspecified atom stereocenters. The second kappa shape index (κ2) is 11.3. The van der Waals surface area contributed by atoms with Gasteiger partial charge in [-0.25, -0.2) is 0 Å². The van der Waals surface area contributed by atoms with E-state index in [4.69, 9.17) is 28.4 Å². The van der Waals surface area contributed by atoms with Crippen LogP contribution in [0.3, 0.4) is 0 Å². The normalized spacial score (nSPS) is 20.7. The van der Waals surface area contributed by atoms with E-state index in [0.717, 1.165) is 16.7 Å². The standard InChI is InChI=1S/C32H30N2O8/c1-20(35)40-28-26(41-30-29(28)42-31-33-27(36)17-18-34(30)31)19-39-32(21-7-5-4-6-8-21,22-9-13-24(37-2)14-10-22)23-11-15-25(38-3)16-12-23/h4-18,26,28-30H,19H2,1-3H3/t26-,28-,29+,30-/m1/s1. The third-order valence-electron chi connectivity index (χ3n) is 7.55. The maximum absolute atomic E-state index is 12.2. The van der Waals surface area contributed by atoms with Gasteiger partial charge in [0.15, 0.2) is 18.4 Å². The van der Waals surface area contributed by atoms with Gasteiger partial charge in [-0.1, -0.05) is 54.6 Å². The van der Waals surface area contributed by atoms with Gasteiger partial charge in [0.25, 0.3) is 5.56 Å². The van der Waals surface area contributed by atoms with Gasteiger partial charge >= 0.3 is 12.0 Å². The zero-order valence-electron chi connectivity index (χ0n) is 23.3. The van der Waals surface area contributed by atoms with Crippen molar-refractivity contribution in [2.45, 2.75) is 37.1 Å². The smallest absolute Gasteiger partial charge is 0.303 e. The Labute approximate surface area is 242 Å². The second-order valence-corrected chi connectivity index (χ2v) is 9.99. The van der Waals surface area contributed by atoms with Crippen molar-refractivity contribution in [1.29, 1.82) is 0 Å². The van der Waals surface area contributed by atoms with Crippen LogP contribution in [0.1, 0.15) is 29.8 Å². The molecule has 0 spiro atoms. The number of hydrogen-bond donors (Lipinski definition) is 0. The summed E-state index contributed by atoms with van der Waals surface area (Å²) in [5.74, 6) is 0.927. The molecule has 42 heavy (non-hydrogen) atoms. The third kappa shape index (κ3) is 4.88. The lowest BCUT2D eigenvalue weighted by Crippen LogP contribution is -2.42. The predicted molar refractivity (Wildman–Crippen MR) is 151 cm³/mol. The molecule has 3 aromatic carbocycles. The summed E-state index contributed by atoms with van der Waals surface area (Å²) in [7, 11) is 3.24. The monoisotopic (exact) mass is 570 g/mol. The first kappa shape index (κ1) is 27.5. The molecule has 0 saturated carbocycles. The fourth-order valence-electron chi connectivity index (χ4n) is 5.61. The van der Waals surface area contributed by atoms with Gasteiger partial charge in [-0.15, -0.1) is 0 Å². The first-order valence-electron chi connectivity index (χ1n) is 13.5. The van der Waals surface area contributed by atoms with Crippen LogP contribution in [-0.2, 0) is 24.6 Å². The summed E-state index contributed by atoms with van der Waals surface area (Å²) in [6, 6.07) is 26.7. The fourth-order valence-corrected chi connectivity index (χ4v) is 5.61. The van der Waals surface area contributed by atoms with E-state index in [1.54, 1.807) is 25.0 Å². The molecule has 0 bridgehead atoms. The Morgan fingerprint density at radius 1 is 0.881 bits per heavy atom. The SMILES string of the molecule is COc1ccc(C(OC[C@H]2O[C@@H]3[C@@H](Oc4nc(=O)ccn43)[C@@H]2OC(C)=O)(c2ccccc2)c2ccc(OC)cc2)cc1. The largest absolute Gasteiger partial charge is 0.497 e. The van der Waals surface area contributed by atoms with Gasteiger partial charge in [0.1, 0.15) is 23.2 Å². The molecule has 3 heterocycles. The van der Waals surface area contributed by atoms with Gasteiger partial charge in [-0.05, 0) is 41.0 Å². The first-order valence-corrected chi connectivity index (χ1v) is 13.5. The number of benzene rings is 3. The lowest BCUT2D eigenvalue weighted by molar-refractivity contribution is -0.156. The van der Waals surface area contributed by atoms with Gasteiger partial charge < -0.3 is 28.4 Å². The lowest BCUT2D eigenvalue weighted by atomic mass is 9.80. The molecular formula is C32H30N2O8. The van der Waals surface area contributed by atoms with Crippen LogP contribution in [-0.4, -0.2) is 54.7 Å². The number of rotatable bonds is 9. The summed E-state index contributed by atoms with van der Waals surface area (Å²) >= 11 is 0. The highest BCUT2D eigenvalue weighted by atomic mass is 16.7. The Balaban J connectivity index is 1.42. The second-order valence-electron chi connectivity index (χ2n) is 9.99. The molecule has 1 fully saturated rings. The van der Waals surface area contributed by atoms with Crippen LogP contribution in [0, 0.1) is 0 Å². The number of esters is 1. The van der Waals surface area contributed by atoms with Crippen molar-refractivity contribution in [2.75, 3.05) is 20.8 Å². The van der Waals surface area contributed by atoms with E-state index in [9.17, 15) is 9.59 Å². The Bertz CT molecular complexity index is 1560. The maximum Gasteiger partial charge on any atom is 0.303 e. The predicted octanol–water partition coefficient (Wildman–Crippen LogP) is 3.86. The van der Waals surface area contributed by atoms with Crippen molar-refractivity contribution >= 4 is 5.97 Å². The minimum atomic E-state index is -1.09. The van der Waals surface area contributed by atoms with E-state index >= 15 is 0 Å². The van der Waals surface area contributed by atoms with Gasteiger partial charge in [0.05, 0.1) is 20.8 Å². The quantitative estimate of drug-likeness (QED) is 0.219. The zero-order chi connectivity index (χ0) is 29.3. The van der Waals surface area contributed by atoms with Gasteiger partial charge in [-0.2, -0.15) is 4.98 Å². The summed E-state index contributed by atoms with van der Waals surface area (Å²) in [4.78, 5) is 27.9. The molecule has 0 amide bonds. The van der Waals surface area contributed by atoms with Crippen LogP contribution in [0.2, 0.25) is 0 Å². The fraction of sp³-hybridized carbons (Fsp3) is 0.281. The van der Waals surface area contributed by atoms with Crippen molar-refractivity contribution in [1.82, 2.24) is 9.55 Å². The summed E-state index contributed by atoms with van der Waals surface area (Å²) < 4.78 is 37.5. The number of fused-ring (bicyclic) bond motifs is 3. The maximum atomic E-state index is 12.2. The molecule has 0 aliphatic carbocycles. The number of carbonyl (C=O) groups excluding carboxylic acids is 1. The molecule has 4 aromatic rings. The molecule has 216 valence electrons. The number of methoxy groups -OCH3 is 2. The summed E-state index contributed by atoms with van der Waals surface area (Å²) in [5, 5.41) is 0. The van der Waals surface area contributed by atoms with E-state index < -0.39 is 41.7 Å². The van der Waals surface area contributed by atoms with E-state index in [1.807, 2.05) is 78.9 Å². The highest BCUT2D eigenvalue weighted by Gasteiger charge is 2.54. The molecular weight excluding hydrogens is 540 g/mol. The first-order chi connectivity index (χ1) is 20.4. The van der Waals surface area contributed by atoms with Crippen LogP contribution in [0.5, 0.6) is 17.5 Å². The Kier molecular flexibility index (Phi) is 7.40. The van der Waals surface area contributed by atoms with Crippen molar-refractivity contribution in [3.05, 3.63) is 118 Å². The van der Waals surface area contributed by atoms with E-state index in [0.29, 0.717) is 11.5 Å². The Hall–Kier alpha value is -4.67. The third-order valence-corrected chi connectivity index (χ3v) is 7.55. The molecule has 4 atom stereocenters. The molecule has 2 aliphatic heterocycles. The van der Waals surface area contributed by atoms with Crippen LogP contribution >= 0.6 is 0 Å². The summed E-state index contributed by atoms with van der Waals surface area (Å²) in [6.07, 6.45) is -1.31. The van der Waals surface area contributed by atoms with E-state index in [-0.39, 0.29) is 12.6 Å². The average molecular weight is 571 g/mol. The van der Waals surface area contributed by atoms with Crippen molar-refractivity contribution in [3.63, 3.8) is 0 Å². The highest BCUT2D eigenvalue weighted by Crippen LogP contribution is 2.44. The van der Waals surface area contributed by atoms with E-state index in [2.05, 4.69) is 4.98 Å². The molecule has 10 heteroatoms. The van der Waals surface area contributed by atoms with Crippen molar-refractivity contribution < 1.29 is 33.2 Å². The number of hydrogen-bond acceptors (Lipinski definition) is 9. The molecule has 1 aromatic heterocycles. The number of ether oxygens (including phenoxy) is 6. The minimum absolute atomic E-state index is 0.0320. The lowest BCUT2D eigenvalue weighted by Gasteiger charge is -2.37.